The molecule has 1 aliphatic carbocycles. The van der Waals surface area contributed by atoms with Crippen LogP contribution in [0.15, 0.2) is 24.5 Å². The highest BCUT2D eigenvalue weighted by Gasteiger charge is 2.18. The largest absolute Gasteiger partial charge is 0.477 e. The molecule has 102 valence electrons. The number of nitrogens with zero attached hydrogens (tertiary/aromatic N) is 1. The Morgan fingerprint density at radius 1 is 1.32 bits per heavy atom. The number of hydrogen-bond acceptors (Lipinski definition) is 2. The molecule has 0 atom stereocenters. The summed E-state index contributed by atoms with van der Waals surface area (Å²) in [6.07, 6.45) is 8.87. The fraction of sp³-hybridized carbons (Fsp3) is 0.500. The summed E-state index contributed by atoms with van der Waals surface area (Å²) in [7, 11) is 0. The number of aromatic carboxylic acids is 1. The molecule has 0 radical (unpaired) electrons. The van der Waals surface area contributed by atoms with Crippen LogP contribution in [0.2, 0.25) is 0 Å². The lowest BCUT2D eigenvalue weighted by Gasteiger charge is -2.21. The summed E-state index contributed by atoms with van der Waals surface area (Å²) in [5.41, 5.74) is 0.188. The number of nitrogens with one attached hydrogen (secondary N) is 1. The molecule has 19 heavy (non-hydrogen) atoms. The van der Waals surface area contributed by atoms with E-state index in [9.17, 15) is 9.59 Å². The van der Waals surface area contributed by atoms with Crippen molar-refractivity contribution < 1.29 is 19.3 Å². The van der Waals surface area contributed by atoms with Crippen molar-refractivity contribution in [3.05, 3.63) is 30.1 Å². The Labute approximate surface area is 112 Å². The number of carbonyl (C=O) groups excluding carboxylic acids is 1. The van der Waals surface area contributed by atoms with Gasteiger partial charge in [-0.1, -0.05) is 19.3 Å². The normalized spacial score (nSPS) is 16.0. The van der Waals surface area contributed by atoms with Gasteiger partial charge >= 0.3 is 5.97 Å². The van der Waals surface area contributed by atoms with Crippen molar-refractivity contribution in [1.82, 2.24) is 5.32 Å². The van der Waals surface area contributed by atoms with Gasteiger partial charge in [0, 0.05) is 12.1 Å². The van der Waals surface area contributed by atoms with Gasteiger partial charge in [0.1, 0.15) is 5.56 Å². The molecule has 1 heterocycles. The first-order valence-electron chi connectivity index (χ1n) is 6.67. The molecule has 1 aromatic rings. The Bertz CT molecular complexity index is 468. The van der Waals surface area contributed by atoms with Crippen molar-refractivity contribution in [3.8, 4) is 0 Å². The molecule has 1 fully saturated rings. The van der Waals surface area contributed by atoms with Crippen LogP contribution in [0.1, 0.15) is 42.5 Å². The van der Waals surface area contributed by atoms with Gasteiger partial charge in [0.25, 0.3) is 5.91 Å². The van der Waals surface area contributed by atoms with Crippen LogP contribution in [0, 0.1) is 0 Å². The van der Waals surface area contributed by atoms with Crippen molar-refractivity contribution in [3.63, 3.8) is 0 Å². The first kappa shape index (κ1) is 13.5. The molecule has 1 aliphatic rings. The maximum absolute atomic E-state index is 11.9. The number of amides is 1. The van der Waals surface area contributed by atoms with Gasteiger partial charge < -0.3 is 10.4 Å². The van der Waals surface area contributed by atoms with Gasteiger partial charge in [0.05, 0.1) is 0 Å². The Hall–Kier alpha value is -1.91. The fourth-order valence-corrected chi connectivity index (χ4v) is 2.43. The third-order valence-corrected chi connectivity index (χ3v) is 3.40. The summed E-state index contributed by atoms with van der Waals surface area (Å²) in [6.45, 7) is 0.164. The molecule has 0 spiro atoms. The maximum atomic E-state index is 11.9. The van der Waals surface area contributed by atoms with Crippen LogP contribution in [0.5, 0.6) is 0 Å². The molecule has 0 unspecified atom stereocenters. The van der Waals surface area contributed by atoms with Gasteiger partial charge in [0.15, 0.2) is 12.4 Å². The summed E-state index contributed by atoms with van der Waals surface area (Å²) in [4.78, 5) is 22.7. The Balaban J connectivity index is 1.90. The summed E-state index contributed by atoms with van der Waals surface area (Å²) in [5.74, 6) is -1.04. The van der Waals surface area contributed by atoms with Gasteiger partial charge in [-0.15, -0.1) is 0 Å². The Morgan fingerprint density at radius 3 is 2.74 bits per heavy atom. The van der Waals surface area contributed by atoms with E-state index in [1.165, 1.54) is 31.5 Å². The number of carbonyl (C=O) groups is 2. The van der Waals surface area contributed by atoms with Gasteiger partial charge in [-0.3, -0.25) is 4.79 Å². The molecule has 0 aromatic carbocycles. The van der Waals surface area contributed by atoms with Crippen LogP contribution in [0.3, 0.4) is 0 Å². The van der Waals surface area contributed by atoms with Crippen molar-refractivity contribution in [2.24, 2.45) is 0 Å². The minimum Gasteiger partial charge on any atom is -0.477 e. The second-order valence-electron chi connectivity index (χ2n) is 4.97. The third-order valence-electron chi connectivity index (χ3n) is 3.40. The van der Waals surface area contributed by atoms with E-state index in [-0.39, 0.29) is 24.1 Å². The summed E-state index contributed by atoms with van der Waals surface area (Å²) in [5, 5.41) is 11.9. The van der Waals surface area contributed by atoms with E-state index in [2.05, 4.69) is 5.32 Å². The van der Waals surface area contributed by atoms with E-state index >= 15 is 0 Å². The van der Waals surface area contributed by atoms with Crippen molar-refractivity contribution >= 4 is 11.9 Å². The van der Waals surface area contributed by atoms with Gasteiger partial charge in [-0.2, -0.15) is 4.57 Å². The molecule has 5 nitrogen and oxygen atoms in total. The Morgan fingerprint density at radius 2 is 2.05 bits per heavy atom. The number of hydrogen-bond donors (Lipinski definition) is 2. The highest BCUT2D eigenvalue weighted by atomic mass is 16.4. The predicted octanol–water partition coefficient (Wildman–Crippen LogP) is 1.12. The minimum absolute atomic E-state index is 0.0561. The first-order chi connectivity index (χ1) is 9.15. The topological polar surface area (TPSA) is 70.3 Å². The number of carboxylic acid groups (broad SMARTS) is 1. The van der Waals surface area contributed by atoms with E-state index < -0.39 is 5.97 Å². The van der Waals surface area contributed by atoms with Gasteiger partial charge in [0.2, 0.25) is 6.54 Å². The molecular formula is C14H19N2O3+. The van der Waals surface area contributed by atoms with Gasteiger partial charge in [-0.25, -0.2) is 4.79 Å². The van der Waals surface area contributed by atoms with Crippen LogP contribution in [-0.4, -0.2) is 23.0 Å². The second-order valence-corrected chi connectivity index (χ2v) is 4.97. The molecule has 0 saturated heterocycles. The standard InChI is InChI=1S/C14H18N2O3/c17-13(15-12-6-2-1-3-7-12)10-16-8-4-5-11(9-16)14(18)19/h4-5,8-9,12H,1-3,6-7,10H2,(H-,15,17,18,19)/p+1. The highest BCUT2D eigenvalue weighted by molar-refractivity contribution is 5.86. The molecule has 0 bridgehead atoms. The molecule has 1 saturated carbocycles. The number of carboxylic acids is 1. The van der Waals surface area contributed by atoms with Crippen LogP contribution in [0.25, 0.3) is 0 Å². The van der Waals surface area contributed by atoms with Crippen LogP contribution >= 0.6 is 0 Å². The van der Waals surface area contributed by atoms with Crippen molar-refractivity contribution in [1.29, 1.82) is 0 Å². The summed E-state index contributed by atoms with van der Waals surface area (Å²) in [6, 6.07) is 3.43. The summed E-state index contributed by atoms with van der Waals surface area (Å²) >= 11 is 0. The number of rotatable bonds is 4. The predicted molar refractivity (Wildman–Crippen MR) is 68.6 cm³/mol. The van der Waals surface area contributed by atoms with Crippen LogP contribution in [0.4, 0.5) is 0 Å². The molecule has 0 aliphatic heterocycles. The van der Waals surface area contributed by atoms with Crippen molar-refractivity contribution in [2.45, 2.75) is 44.7 Å². The monoisotopic (exact) mass is 263 g/mol. The lowest BCUT2D eigenvalue weighted by molar-refractivity contribution is -0.684. The number of pyridine rings is 1. The third kappa shape index (κ3) is 4.05. The smallest absolute Gasteiger partial charge is 0.341 e. The molecule has 1 amide bonds. The highest BCUT2D eigenvalue weighted by Crippen LogP contribution is 2.17. The zero-order valence-corrected chi connectivity index (χ0v) is 10.8. The average molecular weight is 263 g/mol. The minimum atomic E-state index is -0.984. The first-order valence-corrected chi connectivity index (χ1v) is 6.67. The lowest BCUT2D eigenvalue weighted by atomic mass is 9.95. The molecule has 2 N–H and O–H groups in total. The van der Waals surface area contributed by atoms with Crippen molar-refractivity contribution in [2.75, 3.05) is 0 Å². The summed E-state index contributed by atoms with van der Waals surface area (Å²) < 4.78 is 1.60. The van der Waals surface area contributed by atoms with Crippen LogP contribution in [-0.2, 0) is 11.3 Å². The lowest BCUT2D eigenvalue weighted by Crippen LogP contribution is -2.46. The average Bonchev–Trinajstić information content (AvgIpc) is 2.40. The van der Waals surface area contributed by atoms with E-state index in [0.717, 1.165) is 12.8 Å². The second kappa shape index (κ2) is 6.31. The van der Waals surface area contributed by atoms with E-state index in [4.69, 9.17) is 5.11 Å². The Kier molecular flexibility index (Phi) is 4.49. The molecule has 5 heteroatoms. The SMILES string of the molecule is O=C(C[n+]1cccc(C(=O)O)c1)NC1CCCCC1. The zero-order chi connectivity index (χ0) is 13.7. The molecule has 1 aromatic heterocycles. The fourth-order valence-electron chi connectivity index (χ4n) is 2.43. The number of aromatic nitrogens is 1. The van der Waals surface area contributed by atoms with E-state index in [0.29, 0.717) is 0 Å². The van der Waals surface area contributed by atoms with E-state index in [1.807, 2.05) is 0 Å². The van der Waals surface area contributed by atoms with E-state index in [1.54, 1.807) is 16.8 Å². The van der Waals surface area contributed by atoms with Crippen LogP contribution < -0.4 is 9.88 Å². The zero-order valence-electron chi connectivity index (χ0n) is 10.8. The maximum Gasteiger partial charge on any atom is 0.341 e. The quantitative estimate of drug-likeness (QED) is 0.800. The molecule has 2 rings (SSSR count). The van der Waals surface area contributed by atoms with Gasteiger partial charge in [-0.05, 0) is 18.9 Å². The molecular weight excluding hydrogens is 244 g/mol.